The molecule has 0 aromatic heterocycles. The number of aliphatic imine (C=N–C) groups is 2. The van der Waals surface area contributed by atoms with E-state index in [9.17, 15) is 9.59 Å². The summed E-state index contributed by atoms with van der Waals surface area (Å²) in [5.74, 6) is 1.04. The van der Waals surface area contributed by atoms with Crippen molar-refractivity contribution in [1.82, 2.24) is 0 Å². The van der Waals surface area contributed by atoms with Crippen LogP contribution in [0.5, 0.6) is 0 Å². The molecule has 40 heavy (non-hydrogen) atoms. The van der Waals surface area contributed by atoms with Crippen molar-refractivity contribution in [2.24, 2.45) is 15.9 Å². The third kappa shape index (κ3) is 46.6. The van der Waals surface area contributed by atoms with Gasteiger partial charge in [-0.1, -0.05) is 189 Å². The van der Waals surface area contributed by atoms with Gasteiger partial charge in [0.1, 0.15) is 0 Å². The number of unbranched alkanes of at least 4 members (excludes halogenated alkanes) is 18. The van der Waals surface area contributed by atoms with Crippen molar-refractivity contribution >= 4 is 12.2 Å². The van der Waals surface area contributed by atoms with Gasteiger partial charge in [-0.25, -0.2) is 19.6 Å². The summed E-state index contributed by atoms with van der Waals surface area (Å²) in [5.41, 5.74) is 0. The molecule has 238 valence electrons. The van der Waals surface area contributed by atoms with Crippen LogP contribution in [0.4, 0.5) is 0 Å². The molecule has 4 heteroatoms. The van der Waals surface area contributed by atoms with Crippen LogP contribution in [-0.2, 0) is 9.59 Å². The van der Waals surface area contributed by atoms with Crippen molar-refractivity contribution in [3.8, 4) is 0 Å². The highest BCUT2D eigenvalue weighted by molar-refractivity contribution is 5.32. The van der Waals surface area contributed by atoms with E-state index in [-0.39, 0.29) is 0 Å². The molecule has 1 unspecified atom stereocenters. The van der Waals surface area contributed by atoms with Gasteiger partial charge in [0, 0.05) is 0 Å². The van der Waals surface area contributed by atoms with Crippen LogP contribution in [0, 0.1) is 5.92 Å². The first-order chi connectivity index (χ1) is 19.7. The Hall–Kier alpha value is -1.24. The molecular formula is C36H72N2O2. The molecule has 0 saturated heterocycles. The maximum atomic E-state index is 9.60. The number of isocyanates is 2. The summed E-state index contributed by atoms with van der Waals surface area (Å²) in [4.78, 5) is 26.1. The maximum absolute atomic E-state index is 9.60. The Balaban J connectivity index is -0.000000573. The fourth-order valence-electron chi connectivity index (χ4n) is 4.86. The van der Waals surface area contributed by atoms with E-state index in [1.807, 2.05) is 0 Å². The van der Waals surface area contributed by atoms with Gasteiger partial charge >= 0.3 is 0 Å². The molecule has 0 aromatic carbocycles. The Morgan fingerprint density at radius 1 is 0.375 bits per heavy atom. The smallest absolute Gasteiger partial charge is 0.211 e. The lowest BCUT2D eigenvalue weighted by molar-refractivity contribution is 0.371. The van der Waals surface area contributed by atoms with Crippen molar-refractivity contribution in [1.29, 1.82) is 0 Å². The summed E-state index contributed by atoms with van der Waals surface area (Å²) in [7, 11) is 0. The average molecular weight is 565 g/mol. The van der Waals surface area contributed by atoms with E-state index in [1.165, 1.54) is 166 Å². The molecule has 0 aliphatic rings. The third-order valence-electron chi connectivity index (χ3n) is 7.52. The van der Waals surface area contributed by atoms with Crippen LogP contribution in [0.15, 0.2) is 9.98 Å². The Morgan fingerprint density at radius 2 is 0.650 bits per heavy atom. The third-order valence-corrected chi connectivity index (χ3v) is 7.52. The molecule has 0 spiro atoms. The lowest BCUT2D eigenvalue weighted by atomic mass is 9.90. The molecule has 0 N–H and O–H groups in total. The van der Waals surface area contributed by atoms with E-state index < -0.39 is 0 Å². The number of hydrogen-bond donors (Lipinski definition) is 0. The molecule has 0 amide bonds. The van der Waals surface area contributed by atoms with Crippen molar-refractivity contribution in [2.45, 2.75) is 202 Å². The Labute approximate surface area is 252 Å². The van der Waals surface area contributed by atoms with E-state index in [0.29, 0.717) is 13.1 Å². The first-order valence-electron chi connectivity index (χ1n) is 17.7. The molecule has 4 nitrogen and oxygen atoms in total. The van der Waals surface area contributed by atoms with Crippen molar-refractivity contribution in [3.05, 3.63) is 0 Å². The van der Waals surface area contributed by atoms with Gasteiger partial charge in [-0.15, -0.1) is 0 Å². The van der Waals surface area contributed by atoms with Gasteiger partial charge in [0.15, 0.2) is 0 Å². The number of carbonyl (C=O) groups excluding carboxylic acids is 2. The van der Waals surface area contributed by atoms with Gasteiger partial charge in [0.2, 0.25) is 12.2 Å². The average Bonchev–Trinajstić information content (AvgIpc) is 2.97. The van der Waals surface area contributed by atoms with Crippen LogP contribution in [-0.4, -0.2) is 25.2 Å². The zero-order chi connectivity index (χ0) is 30.2. The second-order valence-corrected chi connectivity index (χ2v) is 11.5. The van der Waals surface area contributed by atoms with Gasteiger partial charge in [0.05, 0.1) is 13.1 Å². The minimum atomic E-state index is 0.660. The molecule has 0 radical (unpaired) electrons. The second kappa shape index (κ2) is 44.8. The van der Waals surface area contributed by atoms with E-state index in [4.69, 9.17) is 0 Å². The lowest BCUT2D eigenvalue weighted by Crippen LogP contribution is -2.01. The van der Waals surface area contributed by atoms with Crippen molar-refractivity contribution < 1.29 is 9.59 Å². The first-order valence-corrected chi connectivity index (χ1v) is 17.7. The molecule has 0 bridgehead atoms. The summed E-state index contributed by atoms with van der Waals surface area (Å²) in [6.45, 7) is 12.6. The highest BCUT2D eigenvalue weighted by Gasteiger charge is 2.07. The van der Waals surface area contributed by atoms with E-state index >= 15 is 0 Å². The normalized spacial score (nSPS) is 10.8. The largest absolute Gasteiger partial charge is 0.234 e. The standard InChI is InChI=1S/C20H42.2C8H15NO/c1-4-7-10-12-13-14-16-19-20(17-9-6-3)18-15-11-8-5-2;2*1-2-3-4-5-6-7-9-8-10/h20H,4-19H2,1-3H3;2*2-7H2,1H3. The molecule has 0 rings (SSSR count). The molecule has 0 fully saturated rings. The Kier molecular flexibility index (Phi) is 48.4. The molecule has 0 aliphatic carbocycles. The Morgan fingerprint density at radius 3 is 1.00 bits per heavy atom. The zero-order valence-electron chi connectivity index (χ0n) is 28.1. The predicted octanol–water partition coefficient (Wildman–Crippen LogP) is 12.5. The minimum absolute atomic E-state index is 0.660. The minimum Gasteiger partial charge on any atom is -0.211 e. The maximum Gasteiger partial charge on any atom is 0.234 e. The molecule has 0 saturated carbocycles. The predicted molar refractivity (Wildman–Crippen MR) is 178 cm³/mol. The van der Waals surface area contributed by atoms with Crippen LogP contribution < -0.4 is 0 Å². The van der Waals surface area contributed by atoms with Crippen LogP contribution in [0.25, 0.3) is 0 Å². The van der Waals surface area contributed by atoms with Gasteiger partial charge in [0.25, 0.3) is 0 Å². The fourth-order valence-corrected chi connectivity index (χ4v) is 4.86. The lowest BCUT2D eigenvalue weighted by Gasteiger charge is -2.16. The number of nitrogens with zero attached hydrogens (tertiary/aromatic N) is 2. The van der Waals surface area contributed by atoms with E-state index in [2.05, 4.69) is 44.6 Å². The topological polar surface area (TPSA) is 58.9 Å². The van der Waals surface area contributed by atoms with Gasteiger partial charge in [-0.3, -0.25) is 0 Å². The quantitative estimate of drug-likeness (QED) is 0.0539. The molecular weight excluding hydrogens is 492 g/mol. The van der Waals surface area contributed by atoms with Gasteiger partial charge in [-0.05, 0) is 18.8 Å². The van der Waals surface area contributed by atoms with Crippen molar-refractivity contribution in [2.75, 3.05) is 13.1 Å². The van der Waals surface area contributed by atoms with Crippen LogP contribution in [0.2, 0.25) is 0 Å². The summed E-state index contributed by atoms with van der Waals surface area (Å²) < 4.78 is 0. The number of rotatable bonds is 28. The fraction of sp³-hybridized carbons (Fsp3) is 0.944. The highest BCUT2D eigenvalue weighted by atomic mass is 16.1. The van der Waals surface area contributed by atoms with E-state index in [1.54, 1.807) is 0 Å². The second-order valence-electron chi connectivity index (χ2n) is 11.5. The summed E-state index contributed by atoms with van der Waals surface area (Å²) >= 11 is 0. The summed E-state index contributed by atoms with van der Waals surface area (Å²) in [6, 6.07) is 0. The zero-order valence-corrected chi connectivity index (χ0v) is 28.1. The van der Waals surface area contributed by atoms with Gasteiger partial charge < -0.3 is 0 Å². The number of hydrogen-bond acceptors (Lipinski definition) is 4. The van der Waals surface area contributed by atoms with Crippen LogP contribution >= 0.6 is 0 Å². The van der Waals surface area contributed by atoms with E-state index in [0.717, 1.165) is 18.8 Å². The SMILES string of the molecule is CCCCCCCCCC(CCCC)CCCCCC.CCCCCCCN=C=O.CCCCCCCN=C=O. The highest BCUT2D eigenvalue weighted by Crippen LogP contribution is 2.23. The molecule has 1 atom stereocenters. The van der Waals surface area contributed by atoms with Crippen LogP contribution in [0.1, 0.15) is 202 Å². The first kappa shape index (κ1) is 43.2. The van der Waals surface area contributed by atoms with Crippen LogP contribution in [0.3, 0.4) is 0 Å². The Bertz CT molecular complexity index is 497. The van der Waals surface area contributed by atoms with Gasteiger partial charge in [-0.2, -0.15) is 0 Å². The monoisotopic (exact) mass is 565 g/mol. The molecule has 0 aliphatic heterocycles. The molecule has 0 heterocycles. The molecule has 0 aromatic rings. The summed E-state index contributed by atoms with van der Waals surface area (Å²) in [6.07, 6.45) is 38.5. The summed E-state index contributed by atoms with van der Waals surface area (Å²) in [5, 5.41) is 0. The van der Waals surface area contributed by atoms with Crippen molar-refractivity contribution in [3.63, 3.8) is 0 Å².